The Morgan fingerprint density at radius 3 is 2.89 bits per heavy atom. The molecule has 102 valence electrons. The molecule has 1 atom stereocenters. The Morgan fingerprint density at radius 2 is 2.21 bits per heavy atom. The minimum Gasteiger partial charge on any atom is -0.492 e. The number of hydrogen-bond donors (Lipinski definition) is 1. The lowest BCUT2D eigenvalue weighted by Crippen LogP contribution is -2.23. The molecule has 0 radical (unpaired) electrons. The number of nitrogens with one attached hydrogen (secondary N) is 1. The molecule has 1 aromatic carbocycles. The lowest BCUT2D eigenvalue weighted by atomic mass is 10.2. The molecule has 1 N–H and O–H groups in total. The van der Waals surface area contributed by atoms with Gasteiger partial charge in [-0.15, -0.1) is 11.3 Å². The van der Waals surface area contributed by atoms with Gasteiger partial charge in [0.2, 0.25) is 0 Å². The van der Waals surface area contributed by atoms with Crippen LogP contribution in [0, 0.1) is 12.7 Å². The highest BCUT2D eigenvalue weighted by molar-refractivity contribution is 7.10. The van der Waals surface area contributed by atoms with Crippen molar-refractivity contribution in [2.75, 3.05) is 13.2 Å². The first kappa shape index (κ1) is 14.0. The minimum absolute atomic E-state index is 0.228. The maximum atomic E-state index is 12.9. The van der Waals surface area contributed by atoms with Crippen LogP contribution in [0.2, 0.25) is 0 Å². The Labute approximate surface area is 117 Å². The average Bonchev–Trinajstić information content (AvgIpc) is 2.90. The summed E-state index contributed by atoms with van der Waals surface area (Å²) in [6, 6.07) is 9.08. The van der Waals surface area contributed by atoms with Crippen molar-refractivity contribution in [1.82, 2.24) is 5.32 Å². The highest BCUT2D eigenvalue weighted by atomic mass is 32.1. The molecule has 19 heavy (non-hydrogen) atoms. The predicted octanol–water partition coefficient (Wildman–Crippen LogP) is 3.93. The van der Waals surface area contributed by atoms with Crippen molar-refractivity contribution >= 4 is 11.3 Å². The lowest BCUT2D eigenvalue weighted by Gasteiger charge is -2.13. The fourth-order valence-electron chi connectivity index (χ4n) is 1.85. The van der Waals surface area contributed by atoms with Crippen molar-refractivity contribution in [2.45, 2.75) is 19.9 Å². The van der Waals surface area contributed by atoms with Gasteiger partial charge >= 0.3 is 0 Å². The van der Waals surface area contributed by atoms with E-state index in [2.05, 4.69) is 29.8 Å². The summed E-state index contributed by atoms with van der Waals surface area (Å²) in [5, 5.41) is 5.47. The van der Waals surface area contributed by atoms with Gasteiger partial charge in [-0.25, -0.2) is 4.39 Å². The molecule has 0 bridgehead atoms. The van der Waals surface area contributed by atoms with E-state index in [0.717, 1.165) is 17.9 Å². The smallest absolute Gasteiger partial charge is 0.123 e. The van der Waals surface area contributed by atoms with Crippen LogP contribution in [0.5, 0.6) is 5.75 Å². The summed E-state index contributed by atoms with van der Waals surface area (Å²) in [4.78, 5) is 1.32. The van der Waals surface area contributed by atoms with Crippen LogP contribution >= 0.6 is 11.3 Å². The molecule has 0 aliphatic heterocycles. The molecule has 1 heterocycles. The molecule has 0 aliphatic rings. The number of halogens is 1. The van der Waals surface area contributed by atoms with Crippen molar-refractivity contribution in [3.8, 4) is 5.75 Å². The first-order chi connectivity index (χ1) is 9.16. The van der Waals surface area contributed by atoms with E-state index in [1.54, 1.807) is 17.4 Å². The van der Waals surface area contributed by atoms with Gasteiger partial charge in [-0.1, -0.05) is 6.07 Å². The molecule has 0 saturated heterocycles. The van der Waals surface area contributed by atoms with E-state index in [0.29, 0.717) is 12.6 Å². The second-order valence-corrected chi connectivity index (χ2v) is 5.43. The predicted molar refractivity (Wildman–Crippen MR) is 77.4 cm³/mol. The Hall–Kier alpha value is -1.39. The number of ether oxygens (including phenoxy) is 1. The summed E-state index contributed by atoms with van der Waals surface area (Å²) in [6.07, 6.45) is 0. The summed E-state index contributed by atoms with van der Waals surface area (Å²) in [6.45, 7) is 5.31. The standard InChI is InChI=1S/C15H18FNOS/c1-11-10-13(16)5-6-14(11)18-8-7-17-12(2)15-4-3-9-19-15/h3-6,9-10,12,17H,7-8H2,1-2H3. The lowest BCUT2D eigenvalue weighted by molar-refractivity contribution is 0.305. The molecule has 4 heteroatoms. The van der Waals surface area contributed by atoms with E-state index in [1.165, 1.54) is 17.0 Å². The summed E-state index contributed by atoms with van der Waals surface area (Å²) in [7, 11) is 0. The van der Waals surface area contributed by atoms with E-state index in [1.807, 2.05) is 6.92 Å². The van der Waals surface area contributed by atoms with Crippen LogP contribution in [-0.4, -0.2) is 13.2 Å². The minimum atomic E-state index is -0.228. The monoisotopic (exact) mass is 279 g/mol. The fourth-order valence-corrected chi connectivity index (χ4v) is 2.61. The van der Waals surface area contributed by atoms with Crippen LogP contribution in [0.3, 0.4) is 0 Å². The molecule has 0 amide bonds. The summed E-state index contributed by atoms with van der Waals surface area (Å²) in [5.41, 5.74) is 0.825. The third-order valence-corrected chi connectivity index (χ3v) is 3.97. The van der Waals surface area contributed by atoms with E-state index in [4.69, 9.17) is 4.74 Å². The summed E-state index contributed by atoms with van der Waals surface area (Å²) in [5.74, 6) is 0.515. The van der Waals surface area contributed by atoms with E-state index < -0.39 is 0 Å². The maximum Gasteiger partial charge on any atom is 0.123 e. The zero-order valence-electron chi connectivity index (χ0n) is 11.2. The summed E-state index contributed by atoms with van der Waals surface area (Å²) >= 11 is 1.74. The molecular weight excluding hydrogens is 261 g/mol. The van der Waals surface area contributed by atoms with Crippen molar-refractivity contribution < 1.29 is 9.13 Å². The highest BCUT2D eigenvalue weighted by Crippen LogP contribution is 2.19. The first-order valence-corrected chi connectivity index (χ1v) is 7.20. The molecule has 0 spiro atoms. The fraction of sp³-hybridized carbons (Fsp3) is 0.333. The van der Waals surface area contributed by atoms with Gasteiger partial charge in [-0.05, 0) is 49.1 Å². The van der Waals surface area contributed by atoms with Crippen LogP contribution in [0.4, 0.5) is 4.39 Å². The third kappa shape index (κ3) is 4.04. The quantitative estimate of drug-likeness (QED) is 0.809. The van der Waals surface area contributed by atoms with Gasteiger partial charge in [-0.2, -0.15) is 0 Å². The highest BCUT2D eigenvalue weighted by Gasteiger charge is 2.05. The maximum absolute atomic E-state index is 12.9. The Bertz CT molecular complexity index is 513. The van der Waals surface area contributed by atoms with Gasteiger partial charge in [0.25, 0.3) is 0 Å². The van der Waals surface area contributed by atoms with Crippen LogP contribution in [-0.2, 0) is 0 Å². The average molecular weight is 279 g/mol. The van der Waals surface area contributed by atoms with Gasteiger partial charge in [0, 0.05) is 17.5 Å². The summed E-state index contributed by atoms with van der Waals surface area (Å²) < 4.78 is 18.6. The van der Waals surface area contributed by atoms with Gasteiger partial charge in [-0.3, -0.25) is 0 Å². The van der Waals surface area contributed by atoms with Crippen LogP contribution in [0.1, 0.15) is 23.4 Å². The first-order valence-electron chi connectivity index (χ1n) is 6.32. The Balaban J connectivity index is 1.75. The second-order valence-electron chi connectivity index (χ2n) is 4.45. The molecule has 0 fully saturated rings. The largest absolute Gasteiger partial charge is 0.492 e. The zero-order chi connectivity index (χ0) is 13.7. The number of hydrogen-bond acceptors (Lipinski definition) is 3. The van der Waals surface area contributed by atoms with Crippen molar-refractivity contribution in [1.29, 1.82) is 0 Å². The Kier molecular flexibility index (Phi) is 4.93. The van der Waals surface area contributed by atoms with Crippen molar-refractivity contribution in [3.05, 3.63) is 52.0 Å². The molecule has 0 aliphatic carbocycles. The van der Waals surface area contributed by atoms with Gasteiger partial charge in [0.1, 0.15) is 18.2 Å². The number of rotatable bonds is 6. The number of benzene rings is 1. The zero-order valence-corrected chi connectivity index (χ0v) is 12.0. The topological polar surface area (TPSA) is 21.3 Å². The van der Waals surface area contributed by atoms with Crippen LogP contribution in [0.15, 0.2) is 35.7 Å². The number of aryl methyl sites for hydroxylation is 1. The molecule has 1 unspecified atom stereocenters. The number of thiophene rings is 1. The van der Waals surface area contributed by atoms with E-state index >= 15 is 0 Å². The van der Waals surface area contributed by atoms with Crippen LogP contribution < -0.4 is 10.1 Å². The van der Waals surface area contributed by atoms with Crippen molar-refractivity contribution in [2.24, 2.45) is 0 Å². The van der Waals surface area contributed by atoms with Crippen LogP contribution in [0.25, 0.3) is 0 Å². The molecular formula is C15H18FNOS. The second kappa shape index (κ2) is 6.68. The normalized spacial score (nSPS) is 12.4. The molecule has 2 nitrogen and oxygen atoms in total. The van der Waals surface area contributed by atoms with E-state index in [-0.39, 0.29) is 5.82 Å². The van der Waals surface area contributed by atoms with Gasteiger partial charge in [0.05, 0.1) is 0 Å². The van der Waals surface area contributed by atoms with Gasteiger partial charge < -0.3 is 10.1 Å². The van der Waals surface area contributed by atoms with E-state index in [9.17, 15) is 4.39 Å². The van der Waals surface area contributed by atoms with Crippen molar-refractivity contribution in [3.63, 3.8) is 0 Å². The SMILES string of the molecule is Cc1cc(F)ccc1OCCNC(C)c1cccs1. The Morgan fingerprint density at radius 1 is 1.37 bits per heavy atom. The molecule has 2 rings (SSSR count). The molecule has 1 aromatic heterocycles. The molecule has 2 aromatic rings. The third-order valence-electron chi connectivity index (χ3n) is 2.92. The van der Waals surface area contributed by atoms with Gasteiger partial charge in [0.15, 0.2) is 0 Å². The molecule has 0 saturated carbocycles.